The monoisotopic (exact) mass is 540 g/mol. The van der Waals surface area contributed by atoms with Gasteiger partial charge in [-0.25, -0.2) is 9.97 Å². The van der Waals surface area contributed by atoms with Crippen LogP contribution in [-0.4, -0.2) is 67.6 Å². The average Bonchev–Trinajstić information content (AvgIpc) is 3.20. The summed E-state index contributed by atoms with van der Waals surface area (Å²) in [7, 11) is 0. The Balaban J connectivity index is 1.12. The first-order chi connectivity index (χ1) is 19.3. The number of hydrogen-bond acceptors (Lipinski definition) is 9. The molecule has 0 bridgehead atoms. The van der Waals surface area contributed by atoms with Crippen molar-refractivity contribution in [2.45, 2.75) is 43.9 Å². The molecule has 0 aliphatic carbocycles. The van der Waals surface area contributed by atoms with Crippen molar-refractivity contribution in [2.24, 2.45) is 0 Å². The molecule has 1 aromatic carbocycles. The smallest absolute Gasteiger partial charge is 0.262 e. The van der Waals surface area contributed by atoms with Gasteiger partial charge in [0, 0.05) is 32.3 Å². The second kappa shape index (κ2) is 10.2. The van der Waals surface area contributed by atoms with Gasteiger partial charge < -0.3 is 10.4 Å². The third kappa shape index (κ3) is 4.85. The van der Waals surface area contributed by atoms with Crippen LogP contribution in [0.5, 0.6) is 0 Å². The van der Waals surface area contributed by atoms with Gasteiger partial charge in [-0.3, -0.25) is 34.3 Å². The summed E-state index contributed by atoms with van der Waals surface area (Å²) in [4.78, 5) is 62.2. The van der Waals surface area contributed by atoms with E-state index >= 15 is 0 Å². The van der Waals surface area contributed by atoms with E-state index in [4.69, 9.17) is 4.98 Å². The van der Waals surface area contributed by atoms with Crippen LogP contribution in [0.3, 0.4) is 0 Å². The predicted molar refractivity (Wildman–Crippen MR) is 143 cm³/mol. The predicted octanol–water partition coefficient (Wildman–Crippen LogP) is 2.10. The Bertz CT molecular complexity index is 1500. The standard InChI is InChI=1S/C29H28N6O5/c36-25-10-9-22(26(37)33-25)35-27(38)20-8-7-18(16-21(20)28(35)39)29(40)11-14-34(15-12-29)17-19-4-3-6-24(31-19)32-23-5-1-2-13-30-23/h1-8,13,16,22,40H,9-12,14-15,17H2,(H,30,31,32)(H,33,36,37). The third-order valence-electron chi connectivity index (χ3n) is 7.77. The molecule has 1 unspecified atom stereocenters. The van der Waals surface area contributed by atoms with Crippen molar-refractivity contribution in [3.63, 3.8) is 0 Å². The highest BCUT2D eigenvalue weighted by Crippen LogP contribution is 2.36. The Morgan fingerprint density at radius 1 is 0.950 bits per heavy atom. The normalized spacial score (nSPS) is 20.8. The summed E-state index contributed by atoms with van der Waals surface area (Å²) in [5, 5.41) is 16.9. The largest absolute Gasteiger partial charge is 0.385 e. The molecule has 4 amide bonds. The minimum absolute atomic E-state index is 0.0614. The molecule has 2 saturated heterocycles. The van der Waals surface area contributed by atoms with Gasteiger partial charge >= 0.3 is 0 Å². The number of aliphatic hydroxyl groups is 1. The summed E-state index contributed by atoms with van der Waals surface area (Å²) in [5.41, 5.74) is 0.667. The molecular weight excluding hydrogens is 512 g/mol. The van der Waals surface area contributed by atoms with Crippen molar-refractivity contribution in [3.8, 4) is 0 Å². The Morgan fingerprint density at radius 3 is 2.48 bits per heavy atom. The summed E-state index contributed by atoms with van der Waals surface area (Å²) in [6.45, 7) is 1.84. The molecule has 11 heteroatoms. The van der Waals surface area contributed by atoms with Crippen molar-refractivity contribution in [1.82, 2.24) is 25.1 Å². The van der Waals surface area contributed by atoms with Gasteiger partial charge in [-0.1, -0.05) is 18.2 Å². The van der Waals surface area contributed by atoms with E-state index in [1.165, 1.54) is 0 Å². The number of carbonyl (C=O) groups is 4. The van der Waals surface area contributed by atoms with Gasteiger partial charge in [0.2, 0.25) is 11.8 Å². The Kier molecular flexibility index (Phi) is 6.60. The van der Waals surface area contributed by atoms with Gasteiger partial charge in [-0.2, -0.15) is 0 Å². The minimum Gasteiger partial charge on any atom is -0.385 e. The number of likely N-dealkylation sites (tertiary alicyclic amines) is 1. The molecule has 2 aromatic heterocycles. The van der Waals surface area contributed by atoms with Crippen LogP contribution in [0, 0.1) is 0 Å². The zero-order valence-corrected chi connectivity index (χ0v) is 21.7. The van der Waals surface area contributed by atoms with Crippen LogP contribution in [0.25, 0.3) is 0 Å². The fourth-order valence-corrected chi connectivity index (χ4v) is 5.56. The van der Waals surface area contributed by atoms with Gasteiger partial charge in [-0.15, -0.1) is 0 Å². The molecular formula is C29H28N6O5. The molecule has 0 spiro atoms. The molecule has 11 nitrogen and oxygen atoms in total. The molecule has 0 radical (unpaired) electrons. The molecule has 2 fully saturated rings. The molecule has 40 heavy (non-hydrogen) atoms. The maximum Gasteiger partial charge on any atom is 0.262 e. The molecule has 3 aliphatic heterocycles. The lowest BCUT2D eigenvalue weighted by Gasteiger charge is -2.38. The number of nitrogens with zero attached hydrogens (tertiary/aromatic N) is 4. The number of nitrogens with one attached hydrogen (secondary N) is 2. The van der Waals surface area contributed by atoms with Crippen molar-refractivity contribution < 1.29 is 24.3 Å². The highest BCUT2D eigenvalue weighted by Gasteiger charge is 2.45. The fraction of sp³-hybridized carbons (Fsp3) is 0.310. The van der Waals surface area contributed by atoms with Crippen LogP contribution in [-0.2, 0) is 21.7 Å². The topological polar surface area (TPSA) is 145 Å². The zero-order valence-electron chi connectivity index (χ0n) is 21.7. The van der Waals surface area contributed by atoms with Crippen molar-refractivity contribution >= 4 is 35.3 Å². The maximum absolute atomic E-state index is 13.2. The van der Waals surface area contributed by atoms with E-state index in [0.29, 0.717) is 49.7 Å². The minimum atomic E-state index is -1.16. The summed E-state index contributed by atoms with van der Waals surface area (Å²) < 4.78 is 0. The number of anilines is 2. The number of hydrogen-bond donors (Lipinski definition) is 3. The Hall–Kier alpha value is -4.48. The lowest BCUT2D eigenvalue weighted by molar-refractivity contribution is -0.136. The highest BCUT2D eigenvalue weighted by molar-refractivity contribution is 6.23. The zero-order chi connectivity index (χ0) is 27.9. The molecule has 1 atom stereocenters. The number of imide groups is 2. The van der Waals surface area contributed by atoms with Crippen LogP contribution in [0.15, 0.2) is 60.8 Å². The van der Waals surface area contributed by atoms with Crippen molar-refractivity contribution in [2.75, 3.05) is 18.4 Å². The van der Waals surface area contributed by atoms with Gasteiger partial charge in [0.15, 0.2) is 0 Å². The lowest BCUT2D eigenvalue weighted by atomic mass is 9.83. The van der Waals surface area contributed by atoms with Crippen LogP contribution in [0.1, 0.15) is 57.7 Å². The second-order valence-corrected chi connectivity index (χ2v) is 10.4. The average molecular weight is 541 g/mol. The first kappa shape index (κ1) is 25.8. The number of carbonyl (C=O) groups excluding carboxylic acids is 4. The van der Waals surface area contributed by atoms with Crippen LogP contribution in [0.4, 0.5) is 11.6 Å². The highest BCUT2D eigenvalue weighted by atomic mass is 16.3. The molecule has 204 valence electrons. The van der Waals surface area contributed by atoms with Crippen molar-refractivity contribution in [3.05, 3.63) is 83.2 Å². The molecule has 3 aliphatic rings. The van der Waals surface area contributed by atoms with Crippen molar-refractivity contribution in [1.29, 1.82) is 0 Å². The van der Waals surface area contributed by atoms with Crippen LogP contribution < -0.4 is 10.6 Å². The summed E-state index contributed by atoms with van der Waals surface area (Å²) in [5.74, 6) is -0.793. The second-order valence-electron chi connectivity index (χ2n) is 10.4. The Labute approximate surface area is 230 Å². The number of rotatable bonds is 6. The number of benzene rings is 1. The van der Waals surface area contributed by atoms with Gasteiger partial charge in [0.1, 0.15) is 17.7 Å². The quantitative estimate of drug-likeness (QED) is 0.400. The maximum atomic E-state index is 13.2. The Morgan fingerprint density at radius 2 is 1.73 bits per heavy atom. The molecule has 3 aromatic rings. The van der Waals surface area contributed by atoms with E-state index in [1.54, 1.807) is 24.4 Å². The number of piperidine rings is 2. The molecule has 0 saturated carbocycles. The number of aromatic nitrogens is 2. The fourth-order valence-electron chi connectivity index (χ4n) is 5.56. The van der Waals surface area contributed by atoms with Gasteiger partial charge in [0.25, 0.3) is 11.8 Å². The van der Waals surface area contributed by atoms with Crippen LogP contribution in [0.2, 0.25) is 0 Å². The van der Waals surface area contributed by atoms with Gasteiger partial charge in [-0.05, 0) is 61.2 Å². The van der Waals surface area contributed by atoms with E-state index in [9.17, 15) is 24.3 Å². The number of pyridine rings is 2. The number of amides is 4. The van der Waals surface area contributed by atoms with E-state index in [0.717, 1.165) is 10.6 Å². The molecule has 6 rings (SSSR count). The first-order valence-electron chi connectivity index (χ1n) is 13.3. The van der Waals surface area contributed by atoms with Gasteiger partial charge in [0.05, 0.1) is 22.4 Å². The first-order valence-corrected chi connectivity index (χ1v) is 13.3. The number of fused-ring (bicyclic) bond motifs is 1. The SMILES string of the molecule is O=C1CCC(N2C(=O)c3ccc(C4(O)CCN(Cc5cccc(Nc6ccccn6)n5)CC4)cc3C2=O)C(=O)N1. The molecule has 5 heterocycles. The lowest BCUT2D eigenvalue weighted by Crippen LogP contribution is -2.54. The van der Waals surface area contributed by atoms with E-state index < -0.39 is 35.3 Å². The molecule has 3 N–H and O–H groups in total. The summed E-state index contributed by atoms with van der Waals surface area (Å²) in [6.07, 6.45) is 2.75. The van der Waals surface area contributed by atoms with Crippen LogP contribution >= 0.6 is 0 Å². The third-order valence-corrected chi connectivity index (χ3v) is 7.77. The summed E-state index contributed by atoms with van der Waals surface area (Å²) in [6, 6.07) is 15.2. The van der Waals surface area contributed by atoms with E-state index in [2.05, 4.69) is 20.5 Å². The van der Waals surface area contributed by atoms with E-state index in [1.807, 2.05) is 36.4 Å². The van der Waals surface area contributed by atoms with E-state index in [-0.39, 0.29) is 24.0 Å². The summed E-state index contributed by atoms with van der Waals surface area (Å²) >= 11 is 0.